The molecule has 132 valence electrons. The van der Waals surface area contributed by atoms with Crippen LogP contribution in [0.4, 0.5) is 0 Å². The highest BCUT2D eigenvalue weighted by molar-refractivity contribution is 6.80. The lowest BCUT2D eigenvalue weighted by Crippen LogP contribution is -2.47. The third-order valence-corrected chi connectivity index (χ3v) is 4.47. The molecular formula is C23H26BNO. The van der Waals surface area contributed by atoms with Gasteiger partial charge >= 0.3 is 6.92 Å². The minimum atomic E-state index is -0.120. The van der Waals surface area contributed by atoms with Gasteiger partial charge < -0.3 is 9.55 Å². The molecule has 26 heavy (non-hydrogen) atoms. The summed E-state index contributed by atoms with van der Waals surface area (Å²) in [6, 6.07) is 27.4. The Morgan fingerprint density at radius 2 is 1.38 bits per heavy atom. The summed E-state index contributed by atoms with van der Waals surface area (Å²) in [5.41, 5.74) is 4.89. The molecule has 3 rings (SSSR count). The highest BCUT2D eigenvalue weighted by Gasteiger charge is 2.24. The zero-order valence-electron chi connectivity index (χ0n) is 15.9. The molecule has 3 aromatic rings. The first-order chi connectivity index (χ1) is 12.7. The van der Waals surface area contributed by atoms with Gasteiger partial charge in [0.15, 0.2) is 0 Å². The zero-order chi connectivity index (χ0) is 18.4. The van der Waals surface area contributed by atoms with E-state index in [1.807, 2.05) is 12.1 Å². The lowest BCUT2D eigenvalue weighted by molar-refractivity contribution is 0.396. The third-order valence-electron chi connectivity index (χ3n) is 4.47. The normalized spacial score (nSPS) is 10.8. The van der Waals surface area contributed by atoms with E-state index in [-0.39, 0.29) is 6.92 Å². The molecule has 0 spiro atoms. The Balaban J connectivity index is 1.99. The molecule has 0 aliphatic heterocycles. The molecule has 0 aliphatic carbocycles. The Labute approximate surface area is 157 Å². The van der Waals surface area contributed by atoms with Gasteiger partial charge in [-0.1, -0.05) is 79.7 Å². The van der Waals surface area contributed by atoms with Crippen molar-refractivity contribution in [1.29, 1.82) is 0 Å². The van der Waals surface area contributed by atoms with E-state index in [4.69, 9.17) is 4.65 Å². The first-order valence-electron chi connectivity index (χ1n) is 9.20. The molecule has 0 aliphatic rings. The van der Waals surface area contributed by atoms with Crippen LogP contribution >= 0.6 is 0 Å². The smallest absolute Gasteiger partial charge is 0.426 e. The minimum absolute atomic E-state index is 0.120. The maximum atomic E-state index is 6.59. The number of nitrogens with zero attached hydrogens (tertiary/aromatic N) is 1. The van der Waals surface area contributed by atoms with Crippen molar-refractivity contribution in [2.45, 2.75) is 19.9 Å². The van der Waals surface area contributed by atoms with Crippen LogP contribution in [0.3, 0.4) is 0 Å². The number of hydrogen-bond donors (Lipinski definition) is 0. The van der Waals surface area contributed by atoms with Gasteiger partial charge in [0.05, 0.1) is 0 Å². The molecule has 0 heterocycles. The van der Waals surface area contributed by atoms with E-state index in [0.29, 0.717) is 0 Å². The average molecular weight is 343 g/mol. The van der Waals surface area contributed by atoms with Crippen molar-refractivity contribution in [2.75, 3.05) is 14.1 Å². The van der Waals surface area contributed by atoms with E-state index in [2.05, 4.69) is 92.6 Å². The van der Waals surface area contributed by atoms with E-state index < -0.39 is 0 Å². The van der Waals surface area contributed by atoms with Gasteiger partial charge in [-0.3, -0.25) is 0 Å². The molecule has 3 aromatic carbocycles. The van der Waals surface area contributed by atoms with Crippen molar-refractivity contribution in [3.8, 4) is 5.75 Å². The second-order valence-corrected chi connectivity index (χ2v) is 6.85. The fourth-order valence-electron chi connectivity index (χ4n) is 3.14. The number of benzene rings is 3. The SMILES string of the molecule is CCc1ccc(OB(c2ccccc2)c2ccccc2)c(CN(C)C)c1. The van der Waals surface area contributed by atoms with Crippen molar-refractivity contribution in [1.82, 2.24) is 4.90 Å². The summed E-state index contributed by atoms with van der Waals surface area (Å²) in [5.74, 6) is 0.952. The molecule has 0 saturated carbocycles. The van der Waals surface area contributed by atoms with Crippen molar-refractivity contribution >= 4 is 17.8 Å². The minimum Gasteiger partial charge on any atom is -0.551 e. The molecule has 0 fully saturated rings. The van der Waals surface area contributed by atoms with Crippen molar-refractivity contribution in [3.63, 3.8) is 0 Å². The quantitative estimate of drug-likeness (QED) is 0.609. The zero-order valence-corrected chi connectivity index (χ0v) is 15.9. The van der Waals surface area contributed by atoms with E-state index >= 15 is 0 Å². The Bertz CT molecular complexity index is 779. The summed E-state index contributed by atoms with van der Waals surface area (Å²) in [4.78, 5) is 2.18. The van der Waals surface area contributed by atoms with Crippen LogP contribution in [0.15, 0.2) is 78.9 Å². The highest BCUT2D eigenvalue weighted by atomic mass is 16.4. The number of aryl methyl sites for hydroxylation is 1. The maximum Gasteiger partial charge on any atom is 0.426 e. The lowest BCUT2D eigenvalue weighted by Gasteiger charge is -2.21. The van der Waals surface area contributed by atoms with E-state index in [0.717, 1.165) is 29.6 Å². The fourth-order valence-corrected chi connectivity index (χ4v) is 3.14. The fraction of sp³-hybridized carbons (Fsp3) is 0.217. The standard InChI is InChI=1S/C23H26BNO/c1-4-19-15-16-23(20(17-19)18-25(2)3)26-24(21-11-7-5-8-12-21)22-13-9-6-10-14-22/h5-17H,4,18H2,1-3H3. The second-order valence-electron chi connectivity index (χ2n) is 6.85. The molecule has 0 aromatic heterocycles. The summed E-state index contributed by atoms with van der Waals surface area (Å²) in [6.07, 6.45) is 1.03. The molecule has 0 N–H and O–H groups in total. The maximum absolute atomic E-state index is 6.59. The van der Waals surface area contributed by atoms with Crippen LogP contribution in [0.5, 0.6) is 5.75 Å². The monoisotopic (exact) mass is 343 g/mol. The Kier molecular flexibility index (Phi) is 6.14. The number of hydrogen-bond acceptors (Lipinski definition) is 2. The largest absolute Gasteiger partial charge is 0.551 e. The van der Waals surface area contributed by atoms with Gasteiger partial charge in [0.25, 0.3) is 0 Å². The van der Waals surface area contributed by atoms with Gasteiger partial charge in [0.1, 0.15) is 5.75 Å². The second kappa shape index (κ2) is 8.73. The van der Waals surface area contributed by atoms with E-state index in [9.17, 15) is 0 Å². The molecule has 0 unspecified atom stereocenters. The molecule has 3 heteroatoms. The van der Waals surface area contributed by atoms with Gasteiger partial charge in [-0.05, 0) is 43.1 Å². The summed E-state index contributed by atoms with van der Waals surface area (Å²) in [6.45, 7) is 2.93. The number of rotatable bonds is 7. The van der Waals surface area contributed by atoms with Crippen LogP contribution in [0.25, 0.3) is 0 Å². The molecule has 0 amide bonds. The molecule has 0 atom stereocenters. The van der Waals surface area contributed by atoms with Crippen molar-refractivity contribution in [2.24, 2.45) is 0 Å². The Morgan fingerprint density at radius 3 is 1.88 bits per heavy atom. The van der Waals surface area contributed by atoms with Crippen LogP contribution in [0, 0.1) is 0 Å². The molecular weight excluding hydrogens is 317 g/mol. The molecule has 0 bridgehead atoms. The predicted octanol–water partition coefficient (Wildman–Crippen LogP) is 3.50. The molecule has 2 nitrogen and oxygen atoms in total. The first kappa shape index (κ1) is 18.3. The van der Waals surface area contributed by atoms with Gasteiger partial charge in [-0.25, -0.2) is 0 Å². The predicted molar refractivity (Wildman–Crippen MR) is 112 cm³/mol. The van der Waals surface area contributed by atoms with Gasteiger partial charge in [-0.15, -0.1) is 0 Å². The van der Waals surface area contributed by atoms with Crippen LogP contribution < -0.4 is 15.6 Å². The van der Waals surface area contributed by atoms with Gasteiger partial charge in [0.2, 0.25) is 0 Å². The van der Waals surface area contributed by atoms with Gasteiger partial charge in [-0.2, -0.15) is 0 Å². The topological polar surface area (TPSA) is 12.5 Å². The molecule has 0 radical (unpaired) electrons. The van der Waals surface area contributed by atoms with Crippen LogP contribution in [-0.4, -0.2) is 25.9 Å². The van der Waals surface area contributed by atoms with Crippen LogP contribution in [0.1, 0.15) is 18.1 Å². The van der Waals surface area contributed by atoms with Crippen LogP contribution in [0.2, 0.25) is 0 Å². The average Bonchev–Trinajstić information content (AvgIpc) is 2.68. The van der Waals surface area contributed by atoms with Crippen LogP contribution in [-0.2, 0) is 13.0 Å². The third kappa shape index (κ3) is 4.56. The lowest BCUT2D eigenvalue weighted by atomic mass is 9.55. The highest BCUT2D eigenvalue weighted by Crippen LogP contribution is 2.22. The summed E-state index contributed by atoms with van der Waals surface area (Å²) in [7, 11) is 4.18. The first-order valence-corrected chi connectivity index (χ1v) is 9.20. The van der Waals surface area contributed by atoms with Crippen molar-refractivity contribution in [3.05, 3.63) is 90.0 Å². The van der Waals surface area contributed by atoms with Crippen molar-refractivity contribution < 1.29 is 4.65 Å². The summed E-state index contributed by atoms with van der Waals surface area (Å²) in [5, 5.41) is 0. The molecule has 0 saturated heterocycles. The summed E-state index contributed by atoms with van der Waals surface area (Å²) < 4.78 is 6.59. The van der Waals surface area contributed by atoms with E-state index in [1.165, 1.54) is 11.1 Å². The Morgan fingerprint density at radius 1 is 0.808 bits per heavy atom. The Hall–Kier alpha value is -2.52. The van der Waals surface area contributed by atoms with E-state index in [1.54, 1.807) is 0 Å². The van der Waals surface area contributed by atoms with Gasteiger partial charge in [0, 0.05) is 12.1 Å². The summed E-state index contributed by atoms with van der Waals surface area (Å²) >= 11 is 0.